The summed E-state index contributed by atoms with van der Waals surface area (Å²) >= 11 is 3.66. The van der Waals surface area contributed by atoms with Gasteiger partial charge in [0.1, 0.15) is 0 Å². The first kappa shape index (κ1) is 17.5. The maximum atomic E-state index is 10.1. The zero-order valence-corrected chi connectivity index (χ0v) is 16.8. The summed E-state index contributed by atoms with van der Waals surface area (Å²) in [4.78, 5) is 0. The second-order valence-corrected chi connectivity index (χ2v) is 10.6. The van der Waals surface area contributed by atoms with Gasteiger partial charge in [-0.1, -0.05) is 35.4 Å². The van der Waals surface area contributed by atoms with Crippen LogP contribution < -0.4 is 0 Å². The minimum Gasteiger partial charge on any atom is -0.393 e. The molecule has 2 nitrogen and oxygen atoms in total. The number of aliphatic hydroxyl groups is 2. The third kappa shape index (κ3) is 2.41. The van der Waals surface area contributed by atoms with Gasteiger partial charge in [-0.25, -0.2) is 0 Å². The molecule has 0 heterocycles. The third-order valence-electron chi connectivity index (χ3n) is 8.89. The Kier molecular flexibility index (Phi) is 4.46. The summed E-state index contributed by atoms with van der Waals surface area (Å²) in [6.07, 6.45) is 11.0. The lowest BCUT2D eigenvalue weighted by atomic mass is 9.45. The van der Waals surface area contributed by atoms with Crippen molar-refractivity contribution in [2.45, 2.75) is 77.7 Å². The highest BCUT2D eigenvalue weighted by Crippen LogP contribution is 2.67. The van der Waals surface area contributed by atoms with E-state index in [0.29, 0.717) is 10.8 Å². The van der Waals surface area contributed by atoms with Gasteiger partial charge in [0.15, 0.2) is 0 Å². The highest BCUT2D eigenvalue weighted by atomic mass is 79.9. The first-order chi connectivity index (χ1) is 11.4. The summed E-state index contributed by atoms with van der Waals surface area (Å²) in [5, 5.41) is 19.8. The second-order valence-electron chi connectivity index (χ2n) is 9.62. The maximum Gasteiger partial charge on any atom is 0.0746 e. The van der Waals surface area contributed by atoms with Crippen molar-refractivity contribution < 1.29 is 10.2 Å². The molecule has 4 saturated carbocycles. The van der Waals surface area contributed by atoms with E-state index >= 15 is 0 Å². The molecule has 0 radical (unpaired) electrons. The molecule has 4 fully saturated rings. The van der Waals surface area contributed by atoms with Crippen LogP contribution in [0, 0.1) is 34.5 Å². The van der Waals surface area contributed by atoms with Crippen molar-refractivity contribution in [3.05, 3.63) is 10.1 Å². The zero-order valence-electron chi connectivity index (χ0n) is 15.2. The molecule has 7 atom stereocenters. The molecular formula is C21H33BrO2. The first-order valence-electron chi connectivity index (χ1n) is 10.1. The smallest absolute Gasteiger partial charge is 0.0746 e. The number of hydrogen-bond donors (Lipinski definition) is 2. The summed E-state index contributed by atoms with van der Waals surface area (Å²) < 4.78 is 1.06. The van der Waals surface area contributed by atoms with E-state index < -0.39 is 0 Å². The Balaban J connectivity index is 1.63. The average molecular weight is 397 g/mol. The maximum absolute atomic E-state index is 10.1. The molecule has 0 amide bonds. The molecular weight excluding hydrogens is 364 g/mol. The van der Waals surface area contributed by atoms with Crippen LogP contribution in [0.4, 0.5) is 0 Å². The Morgan fingerprint density at radius 2 is 1.88 bits per heavy atom. The lowest BCUT2D eigenvalue weighted by Crippen LogP contribution is -2.53. The minimum absolute atomic E-state index is 0.0463. The highest BCUT2D eigenvalue weighted by molar-refractivity contribution is 9.11. The van der Waals surface area contributed by atoms with Crippen molar-refractivity contribution in [3.63, 3.8) is 0 Å². The van der Waals surface area contributed by atoms with Crippen molar-refractivity contribution in [2.75, 3.05) is 6.61 Å². The Labute approximate surface area is 155 Å². The van der Waals surface area contributed by atoms with Crippen LogP contribution in [-0.4, -0.2) is 22.9 Å². The molecule has 0 aliphatic heterocycles. The number of halogens is 1. The van der Waals surface area contributed by atoms with Crippen molar-refractivity contribution in [1.29, 1.82) is 0 Å². The molecule has 0 aromatic heterocycles. The van der Waals surface area contributed by atoms with Crippen molar-refractivity contribution in [1.82, 2.24) is 0 Å². The fraction of sp³-hybridized carbons (Fsp3) is 0.905. The molecule has 2 N–H and O–H groups in total. The molecule has 4 rings (SSSR count). The number of rotatable bonds is 1. The molecule has 24 heavy (non-hydrogen) atoms. The molecule has 0 bridgehead atoms. The van der Waals surface area contributed by atoms with Gasteiger partial charge in [-0.15, -0.1) is 0 Å². The molecule has 0 aromatic rings. The van der Waals surface area contributed by atoms with Crippen LogP contribution in [0.3, 0.4) is 0 Å². The van der Waals surface area contributed by atoms with E-state index in [9.17, 15) is 10.2 Å². The monoisotopic (exact) mass is 396 g/mol. The van der Waals surface area contributed by atoms with Crippen LogP contribution in [0.2, 0.25) is 0 Å². The first-order valence-corrected chi connectivity index (χ1v) is 10.9. The Morgan fingerprint density at radius 3 is 2.62 bits per heavy atom. The van der Waals surface area contributed by atoms with Gasteiger partial charge in [0.25, 0.3) is 0 Å². The number of fused-ring (bicyclic) bond motifs is 5. The minimum atomic E-state index is -0.0463. The molecule has 0 spiro atoms. The summed E-state index contributed by atoms with van der Waals surface area (Å²) in [5.74, 6) is 3.26. The average Bonchev–Trinajstić information content (AvgIpc) is 2.92. The van der Waals surface area contributed by atoms with E-state index in [0.717, 1.165) is 41.0 Å². The van der Waals surface area contributed by atoms with E-state index in [-0.39, 0.29) is 12.7 Å². The SMILES string of the molecule is CC12CCC3C(CC[C@H]4CC(O)CCC34C)C1CC/C2=C(\Br)CO. The fourth-order valence-corrected chi connectivity index (χ4v) is 8.24. The van der Waals surface area contributed by atoms with Crippen LogP contribution in [0.25, 0.3) is 0 Å². The van der Waals surface area contributed by atoms with E-state index in [2.05, 4.69) is 29.8 Å². The largest absolute Gasteiger partial charge is 0.393 e. The van der Waals surface area contributed by atoms with E-state index in [1.54, 1.807) is 0 Å². The Bertz CT molecular complexity index is 544. The van der Waals surface area contributed by atoms with Gasteiger partial charge >= 0.3 is 0 Å². The molecule has 0 aromatic carbocycles. The summed E-state index contributed by atoms with van der Waals surface area (Å²) in [6, 6.07) is 0. The summed E-state index contributed by atoms with van der Waals surface area (Å²) in [6.45, 7) is 5.19. The number of hydrogen-bond acceptors (Lipinski definition) is 2. The number of aliphatic hydroxyl groups excluding tert-OH is 2. The van der Waals surface area contributed by atoms with Gasteiger partial charge in [-0.05, 0) is 92.3 Å². The summed E-state index contributed by atoms with van der Waals surface area (Å²) in [7, 11) is 0. The molecule has 3 heteroatoms. The van der Waals surface area contributed by atoms with E-state index in [1.807, 2.05) is 0 Å². The number of allylic oxidation sites excluding steroid dienone is 1. The lowest BCUT2D eigenvalue weighted by Gasteiger charge is -2.60. The van der Waals surface area contributed by atoms with Crippen molar-refractivity contribution >= 4 is 15.9 Å². The van der Waals surface area contributed by atoms with Gasteiger partial charge in [-0.3, -0.25) is 0 Å². The molecule has 4 aliphatic rings. The van der Waals surface area contributed by atoms with Crippen LogP contribution in [0.15, 0.2) is 10.1 Å². The molecule has 4 aliphatic carbocycles. The topological polar surface area (TPSA) is 40.5 Å². The van der Waals surface area contributed by atoms with E-state index in [1.165, 1.54) is 50.5 Å². The van der Waals surface area contributed by atoms with Crippen LogP contribution in [0.1, 0.15) is 71.6 Å². The zero-order chi connectivity index (χ0) is 17.1. The van der Waals surface area contributed by atoms with E-state index in [4.69, 9.17) is 0 Å². The second kappa shape index (κ2) is 6.09. The third-order valence-corrected chi connectivity index (χ3v) is 9.62. The Hall–Kier alpha value is 0.140. The van der Waals surface area contributed by atoms with Gasteiger partial charge in [-0.2, -0.15) is 0 Å². The van der Waals surface area contributed by atoms with Crippen molar-refractivity contribution in [3.8, 4) is 0 Å². The summed E-state index contributed by atoms with van der Waals surface area (Å²) in [5.41, 5.74) is 2.28. The van der Waals surface area contributed by atoms with Crippen LogP contribution >= 0.6 is 15.9 Å². The normalized spacial score (nSPS) is 53.1. The van der Waals surface area contributed by atoms with Crippen LogP contribution in [-0.2, 0) is 0 Å². The predicted octanol–water partition coefficient (Wildman–Crippen LogP) is 5.03. The van der Waals surface area contributed by atoms with Gasteiger partial charge in [0.2, 0.25) is 0 Å². The predicted molar refractivity (Wildman–Crippen MR) is 101 cm³/mol. The fourth-order valence-electron chi connectivity index (χ4n) is 7.59. The Morgan fingerprint density at radius 1 is 1.08 bits per heavy atom. The van der Waals surface area contributed by atoms with Gasteiger partial charge in [0, 0.05) is 4.48 Å². The molecule has 136 valence electrons. The quantitative estimate of drug-likeness (QED) is 0.652. The lowest BCUT2D eigenvalue weighted by molar-refractivity contribution is -0.116. The standard InChI is InChI=1S/C21H33BrO2/c1-20-9-7-14(24)11-13(20)3-4-15-16-5-6-18(19(22)12-23)21(16,2)10-8-17(15)20/h13-17,23-24H,3-12H2,1-2H3/b19-18+/t13-,14?,15?,16?,17?,20?,21?/m0/s1. The molecule has 0 saturated heterocycles. The molecule has 6 unspecified atom stereocenters. The van der Waals surface area contributed by atoms with Crippen molar-refractivity contribution in [2.24, 2.45) is 34.5 Å². The van der Waals surface area contributed by atoms with Crippen LogP contribution in [0.5, 0.6) is 0 Å². The van der Waals surface area contributed by atoms with Gasteiger partial charge < -0.3 is 10.2 Å². The highest BCUT2D eigenvalue weighted by Gasteiger charge is 2.59. The van der Waals surface area contributed by atoms with Gasteiger partial charge in [0.05, 0.1) is 12.7 Å².